The molecule has 1 aromatic carbocycles. The zero-order valence-corrected chi connectivity index (χ0v) is 7.73. The first kappa shape index (κ1) is 8.97. The number of carbonyl (C=O) groups is 1. The number of β-amino-alcohol motifs (C(OH)–C–C–N with tert-alkyl or cyclic N) is 1. The molecule has 0 unspecified atom stereocenters. The Balaban J connectivity index is 2.43. The summed E-state index contributed by atoms with van der Waals surface area (Å²) in [6.07, 6.45) is 0. The van der Waals surface area contributed by atoms with Crippen molar-refractivity contribution in [2.24, 2.45) is 0 Å². The van der Waals surface area contributed by atoms with Crippen molar-refractivity contribution in [3.05, 3.63) is 42.0 Å². The number of benzene rings is 1. The standard InChI is InChI=1S/C11H11NO2/c1-8-9-4-2-3-5-10(9)11(14)12(8)6-7-13/h2-5,13H,1,6-7H2. The topological polar surface area (TPSA) is 40.5 Å². The van der Waals surface area contributed by atoms with Gasteiger partial charge in [-0.3, -0.25) is 4.79 Å². The molecule has 3 nitrogen and oxygen atoms in total. The highest BCUT2D eigenvalue weighted by molar-refractivity contribution is 6.08. The lowest BCUT2D eigenvalue weighted by molar-refractivity contribution is 0.0829. The van der Waals surface area contributed by atoms with Gasteiger partial charge in [-0.25, -0.2) is 0 Å². The third-order valence-corrected chi connectivity index (χ3v) is 2.36. The van der Waals surface area contributed by atoms with E-state index in [2.05, 4.69) is 6.58 Å². The van der Waals surface area contributed by atoms with Gasteiger partial charge in [0.25, 0.3) is 5.91 Å². The van der Waals surface area contributed by atoms with Gasteiger partial charge in [0.15, 0.2) is 0 Å². The summed E-state index contributed by atoms with van der Waals surface area (Å²) in [5.41, 5.74) is 2.22. The van der Waals surface area contributed by atoms with Gasteiger partial charge in [0, 0.05) is 23.4 Å². The van der Waals surface area contributed by atoms with Crippen molar-refractivity contribution in [1.82, 2.24) is 4.90 Å². The van der Waals surface area contributed by atoms with Gasteiger partial charge in [-0.15, -0.1) is 0 Å². The third-order valence-electron chi connectivity index (χ3n) is 2.36. The van der Waals surface area contributed by atoms with E-state index in [-0.39, 0.29) is 12.5 Å². The molecule has 1 heterocycles. The molecule has 0 aromatic heterocycles. The van der Waals surface area contributed by atoms with Crippen LogP contribution in [0.1, 0.15) is 15.9 Å². The molecule has 0 spiro atoms. The lowest BCUT2D eigenvalue weighted by Crippen LogP contribution is -2.25. The lowest BCUT2D eigenvalue weighted by atomic mass is 10.1. The molecule has 1 aromatic rings. The fourth-order valence-electron chi connectivity index (χ4n) is 1.67. The predicted molar refractivity (Wildman–Crippen MR) is 53.6 cm³/mol. The van der Waals surface area contributed by atoms with Crippen molar-refractivity contribution in [2.45, 2.75) is 0 Å². The summed E-state index contributed by atoms with van der Waals surface area (Å²) in [4.78, 5) is 13.3. The van der Waals surface area contributed by atoms with Gasteiger partial charge in [-0.05, 0) is 6.07 Å². The number of fused-ring (bicyclic) bond motifs is 1. The van der Waals surface area contributed by atoms with E-state index >= 15 is 0 Å². The lowest BCUT2D eigenvalue weighted by Gasteiger charge is -2.15. The van der Waals surface area contributed by atoms with E-state index in [0.29, 0.717) is 17.8 Å². The molecule has 3 heteroatoms. The third kappa shape index (κ3) is 1.14. The van der Waals surface area contributed by atoms with E-state index in [1.807, 2.05) is 18.2 Å². The van der Waals surface area contributed by atoms with Crippen LogP contribution in [0.25, 0.3) is 5.70 Å². The molecule has 1 N–H and O–H groups in total. The van der Waals surface area contributed by atoms with E-state index in [1.54, 1.807) is 6.07 Å². The molecule has 0 fully saturated rings. The molecule has 0 saturated heterocycles. The van der Waals surface area contributed by atoms with Crippen LogP contribution in [0.15, 0.2) is 30.8 Å². The van der Waals surface area contributed by atoms with Crippen LogP contribution in [-0.4, -0.2) is 29.1 Å². The minimum absolute atomic E-state index is 0.0429. The fraction of sp³-hybridized carbons (Fsp3) is 0.182. The number of hydrogen-bond donors (Lipinski definition) is 1. The Labute approximate surface area is 82.3 Å². The first-order chi connectivity index (χ1) is 6.75. The molecule has 0 aliphatic carbocycles. The summed E-state index contributed by atoms with van der Waals surface area (Å²) in [6, 6.07) is 7.35. The van der Waals surface area contributed by atoms with Crippen molar-refractivity contribution < 1.29 is 9.90 Å². The first-order valence-corrected chi connectivity index (χ1v) is 4.46. The van der Waals surface area contributed by atoms with Gasteiger partial charge in [0.05, 0.1) is 6.61 Å². The van der Waals surface area contributed by atoms with Crippen molar-refractivity contribution in [3.8, 4) is 0 Å². The summed E-state index contributed by atoms with van der Waals surface area (Å²) in [6.45, 7) is 4.11. The van der Waals surface area contributed by atoms with Gasteiger partial charge in [-0.1, -0.05) is 24.8 Å². The smallest absolute Gasteiger partial charge is 0.259 e. The summed E-state index contributed by atoms with van der Waals surface area (Å²) in [5.74, 6) is -0.0698. The monoisotopic (exact) mass is 189 g/mol. The van der Waals surface area contributed by atoms with E-state index in [1.165, 1.54) is 4.90 Å². The zero-order valence-electron chi connectivity index (χ0n) is 7.73. The number of carbonyl (C=O) groups excluding carboxylic acids is 1. The SMILES string of the molecule is C=C1c2ccccc2C(=O)N1CCO. The van der Waals surface area contributed by atoms with Crippen LogP contribution in [0.4, 0.5) is 0 Å². The molecule has 72 valence electrons. The van der Waals surface area contributed by atoms with E-state index in [9.17, 15) is 4.79 Å². The second kappa shape index (κ2) is 3.27. The fourth-order valence-corrected chi connectivity index (χ4v) is 1.67. The first-order valence-electron chi connectivity index (χ1n) is 4.46. The minimum atomic E-state index is -0.0698. The number of hydrogen-bond acceptors (Lipinski definition) is 2. The van der Waals surface area contributed by atoms with E-state index < -0.39 is 0 Å². The molecule has 0 saturated carbocycles. The molecular weight excluding hydrogens is 178 g/mol. The maximum Gasteiger partial charge on any atom is 0.259 e. The maximum atomic E-state index is 11.8. The van der Waals surface area contributed by atoms with Gasteiger partial charge in [0.1, 0.15) is 0 Å². The molecule has 0 radical (unpaired) electrons. The van der Waals surface area contributed by atoms with Crippen LogP contribution in [0.3, 0.4) is 0 Å². The van der Waals surface area contributed by atoms with Crippen molar-refractivity contribution >= 4 is 11.6 Å². The van der Waals surface area contributed by atoms with Gasteiger partial charge < -0.3 is 10.0 Å². The molecule has 1 amide bonds. The molecule has 1 aliphatic heterocycles. The number of nitrogens with zero attached hydrogens (tertiary/aromatic N) is 1. The highest BCUT2D eigenvalue weighted by Crippen LogP contribution is 2.30. The highest BCUT2D eigenvalue weighted by atomic mass is 16.3. The Morgan fingerprint density at radius 3 is 2.50 bits per heavy atom. The molecular formula is C11H11NO2. The van der Waals surface area contributed by atoms with Gasteiger partial charge in [-0.2, -0.15) is 0 Å². The number of rotatable bonds is 2. The van der Waals surface area contributed by atoms with E-state index in [4.69, 9.17) is 5.11 Å². The van der Waals surface area contributed by atoms with Crippen LogP contribution >= 0.6 is 0 Å². The Morgan fingerprint density at radius 2 is 1.93 bits per heavy atom. The number of aliphatic hydroxyl groups is 1. The second-order valence-electron chi connectivity index (χ2n) is 3.17. The highest BCUT2D eigenvalue weighted by Gasteiger charge is 2.29. The van der Waals surface area contributed by atoms with Crippen LogP contribution in [0.5, 0.6) is 0 Å². The molecule has 2 rings (SSSR count). The Kier molecular flexibility index (Phi) is 2.09. The number of aliphatic hydroxyl groups excluding tert-OH is 1. The normalized spacial score (nSPS) is 14.8. The minimum Gasteiger partial charge on any atom is -0.395 e. The predicted octanol–water partition coefficient (Wildman–Crippen LogP) is 1.11. The van der Waals surface area contributed by atoms with Gasteiger partial charge >= 0.3 is 0 Å². The Morgan fingerprint density at radius 1 is 1.29 bits per heavy atom. The molecule has 0 atom stereocenters. The summed E-state index contributed by atoms with van der Waals surface area (Å²) in [7, 11) is 0. The second-order valence-corrected chi connectivity index (χ2v) is 3.17. The molecule has 1 aliphatic rings. The van der Waals surface area contributed by atoms with Crippen molar-refractivity contribution in [1.29, 1.82) is 0 Å². The van der Waals surface area contributed by atoms with Crippen molar-refractivity contribution in [2.75, 3.05) is 13.2 Å². The van der Waals surface area contributed by atoms with Crippen molar-refractivity contribution in [3.63, 3.8) is 0 Å². The number of amides is 1. The van der Waals surface area contributed by atoms with Crippen LogP contribution in [0.2, 0.25) is 0 Å². The largest absolute Gasteiger partial charge is 0.395 e. The quantitative estimate of drug-likeness (QED) is 0.757. The molecule has 0 bridgehead atoms. The summed E-state index contributed by atoms with van der Waals surface area (Å²) >= 11 is 0. The van der Waals surface area contributed by atoms with E-state index in [0.717, 1.165) is 5.56 Å². The Bertz CT molecular complexity index is 363. The average molecular weight is 189 g/mol. The summed E-state index contributed by atoms with van der Waals surface area (Å²) < 4.78 is 0. The molecule has 14 heavy (non-hydrogen) atoms. The van der Waals surface area contributed by atoms with Crippen LogP contribution in [-0.2, 0) is 0 Å². The average Bonchev–Trinajstić information content (AvgIpc) is 2.45. The maximum absolute atomic E-state index is 11.8. The summed E-state index contributed by atoms with van der Waals surface area (Å²) in [5, 5.41) is 8.81. The Hall–Kier alpha value is -1.61. The van der Waals surface area contributed by atoms with Gasteiger partial charge in [0.2, 0.25) is 0 Å². The van der Waals surface area contributed by atoms with Crippen LogP contribution < -0.4 is 0 Å². The zero-order chi connectivity index (χ0) is 10.1. The van der Waals surface area contributed by atoms with Crippen LogP contribution in [0, 0.1) is 0 Å².